The molecule has 0 aromatic carbocycles. The second kappa shape index (κ2) is 6.58. The summed E-state index contributed by atoms with van der Waals surface area (Å²) in [5.74, 6) is 0. The summed E-state index contributed by atoms with van der Waals surface area (Å²) in [7, 11) is -4.17. The molecule has 0 fully saturated rings. The minimum atomic E-state index is -5.52. The van der Waals surface area contributed by atoms with Crippen molar-refractivity contribution in [3.63, 3.8) is 0 Å². The molecule has 0 rings (SSSR count). The van der Waals surface area contributed by atoms with Crippen LogP contribution in [0.5, 0.6) is 0 Å². The molecule has 0 aromatic rings. The van der Waals surface area contributed by atoms with Crippen LogP contribution < -0.4 is 34.7 Å². The molecule has 0 unspecified atom stereocenters. The molecule has 0 amide bonds. The normalized spacial score (nSPS) is 10.5. The van der Waals surface area contributed by atoms with Crippen molar-refractivity contribution >= 4 is 10.3 Å². The zero-order valence-corrected chi connectivity index (χ0v) is 10.2. The monoisotopic (exact) mass is 285 g/mol. The summed E-state index contributed by atoms with van der Waals surface area (Å²) in [6.45, 7) is 0. The van der Waals surface area contributed by atoms with Gasteiger partial charge in [-0.1, -0.05) is 0 Å². The standard InChI is InChI=1S/Mo.H3NO3S.Na.2H2O.2O.H/c;1-5(2,3)4;;;;;;/h;(H3,1,2,3,4);;2*1H2;;;/q+2;;+1;;;;;-1/p-2. The summed E-state index contributed by atoms with van der Waals surface area (Å²) in [6, 6.07) is 0. The second-order valence-electron chi connectivity index (χ2n) is 0.963. The van der Waals surface area contributed by atoms with Crippen LogP contribution in [0.4, 0.5) is 0 Å². The van der Waals surface area contributed by atoms with E-state index >= 15 is 0 Å². The molecule has 0 bridgehead atoms. The van der Waals surface area contributed by atoms with E-state index in [0.717, 1.165) is 0 Å². The number of hydrogen-bond acceptors (Lipinski definition) is 4. The van der Waals surface area contributed by atoms with Gasteiger partial charge in [0.1, 0.15) is 0 Å². The van der Waals surface area contributed by atoms with Gasteiger partial charge in [0.05, 0.1) is 0 Å². The Morgan fingerprint density at radius 3 is 1.27 bits per heavy atom. The van der Waals surface area contributed by atoms with Crippen molar-refractivity contribution in [3.05, 3.63) is 0 Å². The fourth-order valence-electron chi connectivity index (χ4n) is 0. The van der Waals surface area contributed by atoms with E-state index in [1.165, 1.54) is 0 Å². The van der Waals surface area contributed by atoms with Crippen LogP contribution in [0, 0.1) is 0 Å². The van der Waals surface area contributed by atoms with Gasteiger partial charge in [0.25, 0.3) is 0 Å². The Morgan fingerprint density at radius 1 is 1.27 bits per heavy atom. The van der Waals surface area contributed by atoms with E-state index < -0.39 is 27.1 Å². The molecule has 0 saturated heterocycles. The van der Waals surface area contributed by atoms with E-state index in [0.29, 0.717) is 0 Å². The molecule has 11 heavy (non-hydrogen) atoms. The van der Waals surface area contributed by atoms with Gasteiger partial charge in [-0.2, -0.15) is 8.42 Å². The van der Waals surface area contributed by atoms with Crippen molar-refractivity contribution in [1.29, 1.82) is 0 Å². The Hall–Kier alpha value is 1.08. The average Bonchev–Trinajstić information content (AvgIpc) is 1.12. The first-order valence-corrected chi connectivity index (χ1v) is 6.39. The molecular formula is H6MoNNaO7S. The topological polar surface area (TPSA) is 155 Å². The van der Waals surface area contributed by atoms with E-state index in [-0.39, 0.29) is 31.0 Å². The van der Waals surface area contributed by atoms with E-state index in [9.17, 15) is 0 Å². The van der Waals surface area contributed by atoms with Crippen molar-refractivity contribution in [2.24, 2.45) is 5.14 Å². The first-order chi connectivity index (χ1) is 4.00. The molecule has 0 aliphatic heterocycles. The first kappa shape index (κ1) is 18.0. The van der Waals surface area contributed by atoms with Crippen LogP contribution in [0.2, 0.25) is 0 Å². The van der Waals surface area contributed by atoms with Crippen LogP contribution in [-0.2, 0) is 33.8 Å². The minimum absolute atomic E-state index is 0. The maximum absolute atomic E-state index is 8.97. The predicted molar refractivity (Wildman–Crippen MR) is 22.7 cm³/mol. The molecule has 0 saturated carbocycles. The number of nitrogens with two attached hydrogens (primary N) is 1. The van der Waals surface area contributed by atoms with Gasteiger partial charge < -0.3 is 1.43 Å². The third-order valence-corrected chi connectivity index (χ3v) is 0. The van der Waals surface area contributed by atoms with Gasteiger partial charge in [-0.15, -0.1) is 0 Å². The van der Waals surface area contributed by atoms with Crippen molar-refractivity contribution in [2.75, 3.05) is 0 Å². The molecular weight excluding hydrogens is 277 g/mol. The molecule has 66 valence electrons. The van der Waals surface area contributed by atoms with Crippen LogP contribution in [0.1, 0.15) is 1.43 Å². The average molecular weight is 283 g/mol. The summed E-state index contributed by atoms with van der Waals surface area (Å²) in [6.07, 6.45) is 0. The van der Waals surface area contributed by atoms with E-state index in [2.05, 4.69) is 5.14 Å². The van der Waals surface area contributed by atoms with Gasteiger partial charge in [0, 0.05) is 0 Å². The van der Waals surface area contributed by atoms with Gasteiger partial charge in [-0.3, -0.25) is 4.55 Å². The first-order valence-electron chi connectivity index (χ1n) is 1.45. The molecule has 0 heterocycles. The summed E-state index contributed by atoms with van der Waals surface area (Å²) >= 11 is -5.52. The Balaban J connectivity index is -0.0000000457. The van der Waals surface area contributed by atoms with Crippen LogP contribution in [0.25, 0.3) is 0 Å². The van der Waals surface area contributed by atoms with E-state index in [4.69, 9.17) is 27.3 Å². The molecule has 0 radical (unpaired) electrons. The van der Waals surface area contributed by atoms with Crippen molar-refractivity contribution in [3.8, 4) is 0 Å². The summed E-state index contributed by atoms with van der Waals surface area (Å²) in [4.78, 5) is 0. The Kier molecular flexibility index (Phi) is 10.8. The molecule has 11 heteroatoms. The Bertz CT molecular complexity index is 220. The quantitative estimate of drug-likeness (QED) is 0.255. The molecule has 0 spiro atoms. The fraction of sp³-hybridized carbons (Fsp3) is 0. The molecule has 0 aromatic heterocycles. The van der Waals surface area contributed by atoms with Gasteiger partial charge in [0.15, 0.2) is 0 Å². The van der Waals surface area contributed by atoms with Gasteiger partial charge in [0.2, 0.25) is 0 Å². The molecule has 0 aliphatic rings. The van der Waals surface area contributed by atoms with Crippen LogP contribution in [0.3, 0.4) is 0 Å². The number of hydrogen-bond donors (Lipinski definition) is 4. The van der Waals surface area contributed by atoms with Crippen LogP contribution in [0.15, 0.2) is 0 Å². The third kappa shape index (κ3) is 785. The van der Waals surface area contributed by atoms with E-state index in [1.807, 2.05) is 0 Å². The predicted octanol–water partition coefficient (Wildman–Crippen LogP) is -5.49. The summed E-state index contributed by atoms with van der Waals surface area (Å²) < 4.78 is 57.2. The summed E-state index contributed by atoms with van der Waals surface area (Å²) in [5, 5.41) is 3.88. The Morgan fingerprint density at radius 2 is 1.27 bits per heavy atom. The SMILES string of the molecule is NS(=O)(=O)O.[H-].[Na+].[O]=[Mo](=[O])([OH])[OH]. The van der Waals surface area contributed by atoms with Gasteiger partial charge in [-0.25, -0.2) is 5.14 Å². The zero-order valence-electron chi connectivity index (χ0n) is 6.37. The van der Waals surface area contributed by atoms with Gasteiger partial charge in [-0.05, 0) is 0 Å². The maximum atomic E-state index is 8.97. The Labute approximate surface area is 89.8 Å². The van der Waals surface area contributed by atoms with Gasteiger partial charge >= 0.3 is 70.9 Å². The zero-order chi connectivity index (χ0) is 9.00. The number of rotatable bonds is 0. The molecule has 0 atom stereocenters. The molecule has 5 N–H and O–H groups in total. The van der Waals surface area contributed by atoms with Crippen LogP contribution >= 0.6 is 0 Å². The molecule has 8 nitrogen and oxygen atoms in total. The van der Waals surface area contributed by atoms with Crippen LogP contribution in [-0.4, -0.2) is 20.5 Å². The molecule has 0 aliphatic carbocycles. The third-order valence-electron chi connectivity index (χ3n) is 0. The second-order valence-corrected chi connectivity index (χ2v) is 4.19. The van der Waals surface area contributed by atoms with Crippen molar-refractivity contribution < 1.29 is 75.0 Å². The summed E-state index contributed by atoms with van der Waals surface area (Å²) in [5.41, 5.74) is 0. The van der Waals surface area contributed by atoms with Crippen molar-refractivity contribution in [2.45, 2.75) is 0 Å². The van der Waals surface area contributed by atoms with Crippen molar-refractivity contribution in [1.82, 2.24) is 0 Å². The van der Waals surface area contributed by atoms with E-state index in [1.54, 1.807) is 0 Å². The fourth-order valence-corrected chi connectivity index (χ4v) is 0.